The lowest BCUT2D eigenvalue weighted by Gasteiger charge is -2.26. The van der Waals surface area contributed by atoms with Crippen molar-refractivity contribution >= 4 is 23.6 Å². The molecule has 1 aliphatic heterocycles. The van der Waals surface area contributed by atoms with Gasteiger partial charge in [0.2, 0.25) is 0 Å². The molecule has 30 heavy (non-hydrogen) atoms. The summed E-state index contributed by atoms with van der Waals surface area (Å²) in [7, 11) is 0. The highest BCUT2D eigenvalue weighted by Crippen LogP contribution is 2.19. The lowest BCUT2D eigenvalue weighted by molar-refractivity contribution is 0.0255. The van der Waals surface area contributed by atoms with E-state index in [9.17, 15) is 9.59 Å². The largest absolute Gasteiger partial charge is 0.444 e. The van der Waals surface area contributed by atoms with Gasteiger partial charge in [0.1, 0.15) is 18.0 Å². The fraction of sp³-hybridized carbons (Fsp3) is 0.600. The predicted molar refractivity (Wildman–Crippen MR) is 113 cm³/mol. The lowest BCUT2D eigenvalue weighted by atomic mass is 10.2. The smallest absolute Gasteiger partial charge is 0.410 e. The van der Waals surface area contributed by atoms with Crippen molar-refractivity contribution in [3.8, 4) is 0 Å². The van der Waals surface area contributed by atoms with Crippen molar-refractivity contribution < 1.29 is 14.3 Å². The zero-order chi connectivity index (χ0) is 22.1. The molecule has 0 unspecified atom stereocenters. The molecule has 1 aliphatic rings. The molecule has 1 saturated heterocycles. The van der Waals surface area contributed by atoms with Crippen LogP contribution in [-0.4, -0.2) is 73.1 Å². The first-order valence-electron chi connectivity index (χ1n) is 10.1. The summed E-state index contributed by atoms with van der Waals surface area (Å²) in [6.07, 6.45) is 2.10. The molecule has 9 nitrogen and oxygen atoms in total. The third-order valence-electron chi connectivity index (χ3n) is 4.87. The van der Waals surface area contributed by atoms with E-state index in [1.807, 2.05) is 34.6 Å². The fourth-order valence-electron chi connectivity index (χ4n) is 3.30. The third kappa shape index (κ3) is 5.13. The van der Waals surface area contributed by atoms with Crippen LogP contribution in [0.4, 0.5) is 4.79 Å². The SMILES string of the molecule is Cc1nn(Cn2ccc(C(=O)N3CCCN(C(=O)OC(C)(C)C)CC3)n2)c(C)c1Cl. The zero-order valence-corrected chi connectivity index (χ0v) is 18.9. The average Bonchev–Trinajstić information content (AvgIpc) is 3.10. The number of carbonyl (C=O) groups is 2. The minimum absolute atomic E-state index is 0.147. The van der Waals surface area contributed by atoms with Crippen LogP contribution in [0.15, 0.2) is 12.3 Å². The Kier molecular flexibility index (Phi) is 6.40. The summed E-state index contributed by atoms with van der Waals surface area (Å²) in [5.74, 6) is -0.147. The van der Waals surface area contributed by atoms with Crippen molar-refractivity contribution in [3.05, 3.63) is 34.4 Å². The van der Waals surface area contributed by atoms with E-state index >= 15 is 0 Å². The van der Waals surface area contributed by atoms with Crippen molar-refractivity contribution in [3.63, 3.8) is 0 Å². The Hall–Kier alpha value is -2.55. The van der Waals surface area contributed by atoms with E-state index in [2.05, 4.69) is 10.2 Å². The van der Waals surface area contributed by atoms with Crippen molar-refractivity contribution in [2.45, 2.75) is 53.3 Å². The summed E-state index contributed by atoms with van der Waals surface area (Å²) < 4.78 is 8.86. The van der Waals surface area contributed by atoms with Gasteiger partial charge >= 0.3 is 6.09 Å². The van der Waals surface area contributed by atoms with Gasteiger partial charge in [0.25, 0.3) is 5.91 Å². The molecule has 0 aliphatic carbocycles. The fourth-order valence-corrected chi connectivity index (χ4v) is 3.43. The second-order valence-electron chi connectivity index (χ2n) is 8.48. The number of rotatable bonds is 3. The zero-order valence-electron chi connectivity index (χ0n) is 18.2. The van der Waals surface area contributed by atoms with E-state index in [0.29, 0.717) is 50.0 Å². The monoisotopic (exact) mass is 436 g/mol. The molecule has 2 amide bonds. The summed E-state index contributed by atoms with van der Waals surface area (Å²) in [5.41, 5.74) is 1.44. The summed E-state index contributed by atoms with van der Waals surface area (Å²) in [5, 5.41) is 9.44. The molecule has 0 radical (unpaired) electrons. The Labute approximate surface area is 181 Å². The van der Waals surface area contributed by atoms with Crippen LogP contribution in [0.25, 0.3) is 0 Å². The van der Waals surface area contributed by atoms with Crippen LogP contribution in [0.5, 0.6) is 0 Å². The number of carbonyl (C=O) groups excluding carboxylic acids is 2. The number of hydrogen-bond donors (Lipinski definition) is 0. The molecule has 0 atom stereocenters. The molecule has 3 heterocycles. The van der Waals surface area contributed by atoms with Gasteiger partial charge in [-0.25, -0.2) is 9.48 Å². The minimum Gasteiger partial charge on any atom is -0.444 e. The Balaban J connectivity index is 1.62. The number of ether oxygens (including phenoxy) is 1. The van der Waals surface area contributed by atoms with E-state index in [1.54, 1.807) is 31.4 Å². The normalized spacial score (nSPS) is 15.3. The molecule has 2 aromatic rings. The first-order valence-corrected chi connectivity index (χ1v) is 10.4. The molecule has 164 valence electrons. The van der Waals surface area contributed by atoms with Crippen LogP contribution in [0.2, 0.25) is 5.02 Å². The average molecular weight is 437 g/mol. The van der Waals surface area contributed by atoms with Gasteiger partial charge in [-0.15, -0.1) is 0 Å². The predicted octanol–water partition coefficient (Wildman–Crippen LogP) is 2.94. The van der Waals surface area contributed by atoms with E-state index in [1.165, 1.54) is 0 Å². The van der Waals surface area contributed by atoms with E-state index in [4.69, 9.17) is 16.3 Å². The van der Waals surface area contributed by atoms with Crippen LogP contribution in [0.3, 0.4) is 0 Å². The second kappa shape index (κ2) is 8.67. The highest BCUT2D eigenvalue weighted by Gasteiger charge is 2.27. The standard InChI is InChI=1S/C20H29ClN6O3/c1-14-17(21)15(2)27(22-14)13-26-10-7-16(23-26)18(28)24-8-6-9-25(12-11-24)19(29)30-20(3,4)5/h7,10H,6,8-9,11-13H2,1-5H3. The maximum Gasteiger partial charge on any atom is 0.410 e. The number of hydrogen-bond acceptors (Lipinski definition) is 5. The van der Waals surface area contributed by atoms with Crippen molar-refractivity contribution in [2.75, 3.05) is 26.2 Å². The quantitative estimate of drug-likeness (QED) is 0.738. The van der Waals surface area contributed by atoms with Crippen LogP contribution in [0, 0.1) is 13.8 Å². The summed E-state index contributed by atoms with van der Waals surface area (Å²) in [6.45, 7) is 11.7. The number of nitrogens with zero attached hydrogens (tertiary/aromatic N) is 6. The third-order valence-corrected chi connectivity index (χ3v) is 5.41. The van der Waals surface area contributed by atoms with Crippen molar-refractivity contribution in [1.82, 2.24) is 29.4 Å². The van der Waals surface area contributed by atoms with E-state index in [-0.39, 0.29) is 12.0 Å². The molecular formula is C20H29ClN6O3. The van der Waals surface area contributed by atoms with Gasteiger partial charge in [0.15, 0.2) is 0 Å². The summed E-state index contributed by atoms with van der Waals surface area (Å²) in [4.78, 5) is 28.6. The first kappa shape index (κ1) is 22.1. The Bertz CT molecular complexity index is 930. The van der Waals surface area contributed by atoms with Crippen LogP contribution in [-0.2, 0) is 11.4 Å². The number of aromatic nitrogens is 4. The number of halogens is 1. The Morgan fingerprint density at radius 1 is 1.10 bits per heavy atom. The van der Waals surface area contributed by atoms with Gasteiger partial charge < -0.3 is 14.5 Å². The molecule has 1 fully saturated rings. The van der Waals surface area contributed by atoms with Crippen molar-refractivity contribution in [1.29, 1.82) is 0 Å². The highest BCUT2D eigenvalue weighted by molar-refractivity contribution is 6.31. The Morgan fingerprint density at radius 2 is 1.77 bits per heavy atom. The molecule has 0 saturated carbocycles. The summed E-state index contributed by atoms with van der Waals surface area (Å²) >= 11 is 6.20. The van der Waals surface area contributed by atoms with Gasteiger partial charge in [-0.05, 0) is 47.1 Å². The van der Waals surface area contributed by atoms with Gasteiger partial charge in [-0.1, -0.05) is 11.6 Å². The topological polar surface area (TPSA) is 85.5 Å². The van der Waals surface area contributed by atoms with Crippen LogP contribution >= 0.6 is 11.6 Å². The number of aryl methyl sites for hydroxylation is 1. The summed E-state index contributed by atoms with van der Waals surface area (Å²) in [6, 6.07) is 1.70. The first-order chi connectivity index (χ1) is 14.0. The number of amides is 2. The molecule has 0 aromatic carbocycles. The van der Waals surface area contributed by atoms with Gasteiger partial charge in [-0.2, -0.15) is 10.2 Å². The molecular weight excluding hydrogens is 408 g/mol. The van der Waals surface area contributed by atoms with E-state index < -0.39 is 5.60 Å². The van der Waals surface area contributed by atoms with Gasteiger partial charge in [0, 0.05) is 32.4 Å². The minimum atomic E-state index is -0.540. The van der Waals surface area contributed by atoms with Gasteiger partial charge in [0.05, 0.1) is 16.4 Å². The molecule has 0 N–H and O–H groups in total. The molecule has 2 aromatic heterocycles. The highest BCUT2D eigenvalue weighted by atomic mass is 35.5. The Morgan fingerprint density at radius 3 is 2.40 bits per heavy atom. The van der Waals surface area contributed by atoms with Crippen molar-refractivity contribution in [2.24, 2.45) is 0 Å². The maximum absolute atomic E-state index is 12.9. The van der Waals surface area contributed by atoms with Gasteiger partial charge in [-0.3, -0.25) is 9.48 Å². The molecule has 0 spiro atoms. The lowest BCUT2D eigenvalue weighted by Crippen LogP contribution is -2.40. The second-order valence-corrected chi connectivity index (χ2v) is 8.86. The van der Waals surface area contributed by atoms with Crippen LogP contribution < -0.4 is 0 Å². The molecule has 10 heteroatoms. The van der Waals surface area contributed by atoms with E-state index in [0.717, 1.165) is 11.4 Å². The molecule has 3 rings (SSSR count). The molecule has 0 bridgehead atoms. The maximum atomic E-state index is 12.9. The van der Waals surface area contributed by atoms with Crippen LogP contribution in [0.1, 0.15) is 49.1 Å².